The molecule has 56 valence electrons. The van der Waals surface area contributed by atoms with Crippen molar-refractivity contribution in [2.45, 2.75) is 18.4 Å². The fourth-order valence-corrected chi connectivity index (χ4v) is 0.788. The van der Waals surface area contributed by atoms with Gasteiger partial charge in [-0.05, 0) is 12.8 Å². The highest BCUT2D eigenvalue weighted by Crippen LogP contribution is 2.39. The Balaban J connectivity index is 2.47. The highest BCUT2D eigenvalue weighted by atomic mass is 16.6. The van der Waals surface area contributed by atoms with Crippen molar-refractivity contribution in [3.8, 4) is 0 Å². The van der Waals surface area contributed by atoms with E-state index in [0.717, 1.165) is 19.1 Å². The Kier molecular flexibility index (Phi) is 1.76. The molecule has 0 saturated heterocycles. The van der Waals surface area contributed by atoms with Crippen LogP contribution in [0.4, 0.5) is 0 Å². The van der Waals surface area contributed by atoms with Gasteiger partial charge in [-0.1, -0.05) is 6.58 Å². The molecular weight excluding hydrogens is 132 g/mol. The summed E-state index contributed by atoms with van der Waals surface area (Å²) < 4.78 is 9.50. The largest absolute Gasteiger partial charge is 0.433 e. The molecule has 0 spiro atoms. The monoisotopic (exact) mass is 142 g/mol. The van der Waals surface area contributed by atoms with E-state index in [1.807, 2.05) is 0 Å². The van der Waals surface area contributed by atoms with Crippen molar-refractivity contribution in [3.63, 3.8) is 0 Å². The first-order chi connectivity index (χ1) is 4.75. The maximum absolute atomic E-state index is 10.9. The first-order valence-corrected chi connectivity index (χ1v) is 3.12. The van der Waals surface area contributed by atoms with Crippen LogP contribution >= 0.6 is 0 Å². The van der Waals surface area contributed by atoms with Crippen molar-refractivity contribution in [3.05, 3.63) is 12.8 Å². The molecule has 1 aliphatic carbocycles. The summed E-state index contributed by atoms with van der Waals surface area (Å²) in [7, 11) is 1.51. The van der Waals surface area contributed by atoms with Gasteiger partial charge in [0.25, 0.3) is 0 Å². The van der Waals surface area contributed by atoms with Gasteiger partial charge in [-0.25, -0.2) is 4.79 Å². The third kappa shape index (κ3) is 1.04. The van der Waals surface area contributed by atoms with Crippen LogP contribution in [0, 0.1) is 0 Å². The molecular formula is C7H10O3. The fraction of sp³-hybridized carbons (Fsp3) is 0.571. The van der Waals surface area contributed by atoms with Gasteiger partial charge >= 0.3 is 5.97 Å². The van der Waals surface area contributed by atoms with Gasteiger partial charge in [0.2, 0.25) is 0 Å². The lowest BCUT2D eigenvalue weighted by atomic mass is 10.3. The van der Waals surface area contributed by atoms with Gasteiger partial charge in [0.15, 0.2) is 5.60 Å². The third-order valence-corrected chi connectivity index (χ3v) is 1.66. The molecule has 0 unspecified atom stereocenters. The van der Waals surface area contributed by atoms with E-state index in [4.69, 9.17) is 4.74 Å². The zero-order chi connectivity index (χ0) is 7.61. The summed E-state index contributed by atoms with van der Waals surface area (Å²) in [6, 6.07) is 0. The summed E-state index contributed by atoms with van der Waals surface area (Å²) in [6.45, 7) is 3.28. The number of carbonyl (C=O) groups is 1. The molecule has 0 atom stereocenters. The average molecular weight is 142 g/mol. The van der Waals surface area contributed by atoms with Crippen LogP contribution in [-0.2, 0) is 14.3 Å². The van der Waals surface area contributed by atoms with Crippen LogP contribution in [0.1, 0.15) is 12.8 Å². The Labute approximate surface area is 59.6 Å². The van der Waals surface area contributed by atoms with Gasteiger partial charge in [-0.3, -0.25) is 0 Å². The molecule has 1 aliphatic rings. The molecule has 10 heavy (non-hydrogen) atoms. The van der Waals surface area contributed by atoms with Crippen molar-refractivity contribution in [1.29, 1.82) is 0 Å². The van der Waals surface area contributed by atoms with Crippen LogP contribution in [0.5, 0.6) is 0 Å². The van der Waals surface area contributed by atoms with E-state index in [1.54, 1.807) is 0 Å². The molecule has 0 aromatic rings. The molecule has 0 bridgehead atoms. The van der Waals surface area contributed by atoms with E-state index in [1.165, 1.54) is 7.11 Å². The number of hydrogen-bond acceptors (Lipinski definition) is 3. The molecule has 0 aromatic carbocycles. The van der Waals surface area contributed by atoms with Crippen LogP contribution in [-0.4, -0.2) is 18.7 Å². The maximum Gasteiger partial charge on any atom is 0.343 e. The number of esters is 1. The summed E-state index contributed by atoms with van der Waals surface area (Å²) in [5, 5.41) is 0. The highest BCUT2D eigenvalue weighted by Gasteiger charge is 2.52. The van der Waals surface area contributed by atoms with Crippen molar-refractivity contribution < 1.29 is 14.3 Å². The van der Waals surface area contributed by atoms with E-state index in [0.29, 0.717) is 0 Å². The summed E-state index contributed by atoms with van der Waals surface area (Å²) >= 11 is 0. The van der Waals surface area contributed by atoms with E-state index >= 15 is 0 Å². The molecule has 1 fully saturated rings. The van der Waals surface area contributed by atoms with Crippen LogP contribution in [0.15, 0.2) is 12.8 Å². The van der Waals surface area contributed by atoms with Gasteiger partial charge in [-0.15, -0.1) is 0 Å². The van der Waals surface area contributed by atoms with E-state index in [2.05, 4.69) is 11.3 Å². The van der Waals surface area contributed by atoms with Crippen LogP contribution < -0.4 is 0 Å². The van der Waals surface area contributed by atoms with Crippen molar-refractivity contribution >= 4 is 5.97 Å². The predicted molar refractivity (Wildman–Crippen MR) is 35.3 cm³/mol. The summed E-state index contributed by atoms with van der Waals surface area (Å²) in [6.07, 6.45) is 2.65. The molecule has 1 rings (SSSR count). The lowest BCUT2D eigenvalue weighted by Gasteiger charge is -2.08. The summed E-state index contributed by atoms with van der Waals surface area (Å²) in [5.74, 6) is -0.329. The molecule has 0 N–H and O–H groups in total. The second-order valence-corrected chi connectivity index (χ2v) is 2.27. The normalized spacial score (nSPS) is 19.7. The Bertz CT molecular complexity index is 158. The van der Waals surface area contributed by atoms with Gasteiger partial charge in [-0.2, -0.15) is 0 Å². The minimum Gasteiger partial charge on any atom is -0.433 e. The molecule has 0 heterocycles. The van der Waals surface area contributed by atoms with Gasteiger partial charge < -0.3 is 9.47 Å². The Morgan fingerprint density at radius 2 is 2.30 bits per heavy atom. The molecule has 3 nitrogen and oxygen atoms in total. The van der Waals surface area contributed by atoms with Crippen LogP contribution in [0.2, 0.25) is 0 Å². The summed E-state index contributed by atoms with van der Waals surface area (Å²) in [4.78, 5) is 10.9. The number of rotatable bonds is 3. The standard InChI is InChI=1S/C7H10O3/c1-3-10-6(8)7(9-2)4-5-7/h3H,1,4-5H2,2H3. The number of carbonyl (C=O) groups excluding carboxylic acids is 1. The lowest BCUT2D eigenvalue weighted by molar-refractivity contribution is -0.152. The molecule has 0 amide bonds. The SMILES string of the molecule is C=COC(=O)C1(OC)CC1. The Hall–Kier alpha value is -0.830. The van der Waals surface area contributed by atoms with Crippen molar-refractivity contribution in [2.24, 2.45) is 0 Å². The van der Waals surface area contributed by atoms with Gasteiger partial charge in [0.05, 0.1) is 6.26 Å². The Morgan fingerprint density at radius 3 is 2.60 bits per heavy atom. The Morgan fingerprint density at radius 1 is 1.70 bits per heavy atom. The third-order valence-electron chi connectivity index (χ3n) is 1.66. The molecule has 0 aromatic heterocycles. The lowest BCUT2D eigenvalue weighted by Crippen LogP contribution is -2.25. The summed E-state index contributed by atoms with van der Waals surface area (Å²) in [5.41, 5.74) is -0.631. The number of methoxy groups -OCH3 is 1. The van der Waals surface area contributed by atoms with Crippen LogP contribution in [0.25, 0.3) is 0 Å². The first kappa shape index (κ1) is 7.28. The zero-order valence-electron chi connectivity index (χ0n) is 5.92. The first-order valence-electron chi connectivity index (χ1n) is 3.12. The van der Waals surface area contributed by atoms with Gasteiger partial charge in [0.1, 0.15) is 0 Å². The highest BCUT2D eigenvalue weighted by molar-refractivity contribution is 5.83. The van der Waals surface area contributed by atoms with Crippen LogP contribution in [0.3, 0.4) is 0 Å². The van der Waals surface area contributed by atoms with E-state index in [9.17, 15) is 4.79 Å². The quantitative estimate of drug-likeness (QED) is 0.433. The molecule has 0 aliphatic heterocycles. The van der Waals surface area contributed by atoms with Crippen molar-refractivity contribution in [2.75, 3.05) is 7.11 Å². The molecule has 3 heteroatoms. The minimum atomic E-state index is -0.631. The smallest absolute Gasteiger partial charge is 0.343 e. The second kappa shape index (κ2) is 2.42. The van der Waals surface area contributed by atoms with E-state index < -0.39 is 5.60 Å². The van der Waals surface area contributed by atoms with Crippen molar-refractivity contribution in [1.82, 2.24) is 0 Å². The number of ether oxygens (including phenoxy) is 2. The second-order valence-electron chi connectivity index (χ2n) is 2.27. The molecule has 0 radical (unpaired) electrons. The topological polar surface area (TPSA) is 35.5 Å². The van der Waals surface area contributed by atoms with E-state index in [-0.39, 0.29) is 5.97 Å². The predicted octanol–water partition coefficient (Wildman–Crippen LogP) is 0.852. The zero-order valence-corrected chi connectivity index (χ0v) is 5.92. The average Bonchev–Trinajstić information content (AvgIpc) is 2.68. The number of hydrogen-bond donors (Lipinski definition) is 0. The maximum atomic E-state index is 10.9. The fourth-order valence-electron chi connectivity index (χ4n) is 0.788. The minimum absolute atomic E-state index is 0.329. The molecule has 1 saturated carbocycles. The van der Waals surface area contributed by atoms with Gasteiger partial charge in [0, 0.05) is 7.11 Å².